The molecule has 2 aromatic heterocycles. The van der Waals surface area contributed by atoms with Gasteiger partial charge in [-0.1, -0.05) is 18.2 Å². The lowest BCUT2D eigenvalue weighted by molar-refractivity contribution is 0.0441. The summed E-state index contributed by atoms with van der Waals surface area (Å²) < 4.78 is 16.8. The highest BCUT2D eigenvalue weighted by molar-refractivity contribution is 9.11. The molecule has 0 aliphatic carbocycles. The van der Waals surface area contributed by atoms with Gasteiger partial charge in [0.05, 0.1) is 8.66 Å². The molecule has 0 spiro atoms. The minimum atomic E-state index is -0.685. The quantitative estimate of drug-likeness (QED) is 0.408. The van der Waals surface area contributed by atoms with Gasteiger partial charge in [-0.15, -0.1) is 11.3 Å². The minimum absolute atomic E-state index is 0.0341. The number of ether oxygens (including phenoxy) is 2. The number of hydrogen-bond acceptors (Lipinski definition) is 6. The Bertz CT molecular complexity index is 868. The van der Waals surface area contributed by atoms with Gasteiger partial charge in [0.1, 0.15) is 18.1 Å². The van der Waals surface area contributed by atoms with E-state index in [9.17, 15) is 9.59 Å². The molecule has 3 aromatic rings. The third kappa shape index (κ3) is 4.80. The van der Waals surface area contributed by atoms with Crippen molar-refractivity contribution in [1.82, 2.24) is 0 Å². The largest absolute Gasteiger partial charge is 0.486 e. The Kier molecular flexibility index (Phi) is 5.67. The molecule has 0 saturated heterocycles. The van der Waals surface area contributed by atoms with Crippen molar-refractivity contribution in [2.45, 2.75) is 6.61 Å². The van der Waals surface area contributed by atoms with Crippen LogP contribution in [0.4, 0.5) is 0 Å². The molecule has 0 N–H and O–H groups in total. The summed E-state index contributed by atoms with van der Waals surface area (Å²) in [6.07, 6.45) is 0. The molecule has 0 amide bonds. The van der Waals surface area contributed by atoms with E-state index in [1.165, 1.54) is 17.4 Å². The van der Waals surface area contributed by atoms with Crippen LogP contribution in [0.5, 0.6) is 5.75 Å². The van der Waals surface area contributed by atoms with Crippen LogP contribution in [0.1, 0.15) is 26.0 Å². The summed E-state index contributed by atoms with van der Waals surface area (Å²) in [5, 5.41) is 0. The number of thiophene rings is 1. The van der Waals surface area contributed by atoms with Crippen LogP contribution in [0.25, 0.3) is 0 Å². The number of carbonyl (C=O) groups excluding carboxylic acids is 2. The number of halogens is 1. The van der Waals surface area contributed by atoms with Crippen LogP contribution >= 0.6 is 27.3 Å². The fraction of sp³-hybridized carbons (Fsp3) is 0.111. The maximum absolute atomic E-state index is 12.0. The predicted molar refractivity (Wildman–Crippen MR) is 96.1 cm³/mol. The first kappa shape index (κ1) is 17.4. The SMILES string of the molecule is O=C(OCC(=O)c1ccc(Br)s1)c1ccc(COc2ccccc2)o1. The number of hydrogen-bond donors (Lipinski definition) is 0. The number of esters is 1. The second kappa shape index (κ2) is 8.13. The third-order valence-electron chi connectivity index (χ3n) is 3.17. The van der Waals surface area contributed by atoms with Gasteiger partial charge >= 0.3 is 5.97 Å². The summed E-state index contributed by atoms with van der Waals surface area (Å²) in [6.45, 7) is -0.137. The highest BCUT2D eigenvalue weighted by Crippen LogP contribution is 2.22. The number of Topliss-reactive ketones (excluding diaryl/α,β-unsaturated/α-hetero) is 1. The molecule has 0 atom stereocenters. The van der Waals surface area contributed by atoms with Gasteiger partial charge in [-0.2, -0.15) is 0 Å². The Hall–Kier alpha value is -2.38. The van der Waals surface area contributed by atoms with E-state index in [2.05, 4.69) is 15.9 Å². The van der Waals surface area contributed by atoms with Crippen LogP contribution in [0.15, 0.2) is 62.8 Å². The first-order valence-corrected chi connectivity index (χ1v) is 8.95. The number of ketones is 1. The third-order valence-corrected chi connectivity index (χ3v) is 4.83. The number of para-hydroxylation sites is 1. The smallest absolute Gasteiger partial charge is 0.374 e. The van der Waals surface area contributed by atoms with Crippen molar-refractivity contribution in [2.75, 3.05) is 6.61 Å². The zero-order chi connectivity index (χ0) is 17.6. The summed E-state index contributed by atoms with van der Waals surface area (Å²) in [6, 6.07) is 15.9. The predicted octanol–water partition coefficient (Wildman–Crippen LogP) is 4.72. The van der Waals surface area contributed by atoms with Crippen LogP contribution in [-0.4, -0.2) is 18.4 Å². The van der Waals surface area contributed by atoms with Crippen molar-refractivity contribution >= 4 is 39.0 Å². The molecule has 0 saturated carbocycles. The fourth-order valence-electron chi connectivity index (χ4n) is 1.97. The summed E-state index contributed by atoms with van der Waals surface area (Å²) in [5.41, 5.74) is 0. The van der Waals surface area contributed by atoms with Crippen LogP contribution in [0.3, 0.4) is 0 Å². The molecule has 3 rings (SSSR count). The maximum Gasteiger partial charge on any atom is 0.374 e. The highest BCUT2D eigenvalue weighted by Gasteiger charge is 2.16. The molecular formula is C18H13BrO5S. The lowest BCUT2D eigenvalue weighted by Gasteiger charge is -2.03. The topological polar surface area (TPSA) is 65.7 Å². The number of benzene rings is 1. The van der Waals surface area contributed by atoms with Gasteiger partial charge < -0.3 is 13.9 Å². The average molecular weight is 421 g/mol. The van der Waals surface area contributed by atoms with Crippen molar-refractivity contribution in [1.29, 1.82) is 0 Å². The van der Waals surface area contributed by atoms with Crippen molar-refractivity contribution in [3.63, 3.8) is 0 Å². The Balaban J connectivity index is 1.51. The van der Waals surface area contributed by atoms with Gasteiger partial charge in [0.2, 0.25) is 11.5 Å². The van der Waals surface area contributed by atoms with E-state index < -0.39 is 5.97 Å². The molecule has 128 valence electrons. The van der Waals surface area contributed by atoms with Gasteiger partial charge in [0.25, 0.3) is 0 Å². The van der Waals surface area contributed by atoms with Crippen molar-refractivity contribution in [3.8, 4) is 5.75 Å². The number of rotatable bonds is 7. The monoisotopic (exact) mass is 420 g/mol. The molecule has 0 radical (unpaired) electrons. The van der Waals surface area contributed by atoms with Crippen LogP contribution in [0.2, 0.25) is 0 Å². The van der Waals surface area contributed by atoms with Crippen LogP contribution < -0.4 is 4.74 Å². The lowest BCUT2D eigenvalue weighted by atomic mass is 10.3. The van der Waals surface area contributed by atoms with Gasteiger partial charge in [0.15, 0.2) is 6.61 Å². The van der Waals surface area contributed by atoms with Gasteiger partial charge in [-0.3, -0.25) is 4.79 Å². The summed E-state index contributed by atoms with van der Waals surface area (Å²) in [4.78, 5) is 24.4. The molecule has 5 nitrogen and oxygen atoms in total. The Morgan fingerprint density at radius 2 is 1.84 bits per heavy atom. The van der Waals surface area contributed by atoms with E-state index in [0.717, 1.165) is 3.79 Å². The molecule has 25 heavy (non-hydrogen) atoms. The standard InChI is InChI=1S/C18H13BrO5S/c19-17-9-8-16(25-17)14(20)11-23-18(21)15-7-6-13(24-15)10-22-12-4-2-1-3-5-12/h1-9H,10-11H2. The molecule has 2 heterocycles. The van der Waals surface area contributed by atoms with E-state index >= 15 is 0 Å². The molecule has 0 aliphatic heterocycles. The summed E-state index contributed by atoms with van der Waals surface area (Å²) in [7, 11) is 0. The first-order valence-electron chi connectivity index (χ1n) is 7.34. The van der Waals surface area contributed by atoms with Crippen molar-refractivity contribution < 1.29 is 23.5 Å². The normalized spacial score (nSPS) is 10.4. The van der Waals surface area contributed by atoms with Gasteiger partial charge in [-0.05, 0) is 52.3 Å². The molecule has 1 aromatic carbocycles. The van der Waals surface area contributed by atoms with E-state index in [0.29, 0.717) is 16.4 Å². The van der Waals surface area contributed by atoms with Crippen LogP contribution in [-0.2, 0) is 11.3 Å². The lowest BCUT2D eigenvalue weighted by Crippen LogP contribution is -2.12. The average Bonchev–Trinajstić information content (AvgIpc) is 3.27. The van der Waals surface area contributed by atoms with E-state index in [4.69, 9.17) is 13.9 Å². The second-order valence-electron chi connectivity index (χ2n) is 4.97. The number of carbonyl (C=O) groups is 2. The zero-order valence-electron chi connectivity index (χ0n) is 12.9. The zero-order valence-corrected chi connectivity index (χ0v) is 15.3. The summed E-state index contributed by atoms with van der Waals surface area (Å²) >= 11 is 4.57. The number of furan rings is 1. The Morgan fingerprint density at radius 3 is 2.56 bits per heavy atom. The Morgan fingerprint density at radius 1 is 1.04 bits per heavy atom. The van der Waals surface area contributed by atoms with E-state index in [1.807, 2.05) is 30.3 Å². The van der Waals surface area contributed by atoms with E-state index in [1.54, 1.807) is 18.2 Å². The molecular weight excluding hydrogens is 408 g/mol. The first-order chi connectivity index (χ1) is 12.1. The van der Waals surface area contributed by atoms with Crippen molar-refractivity contribution in [3.05, 3.63) is 74.8 Å². The van der Waals surface area contributed by atoms with Crippen LogP contribution in [0, 0.1) is 0 Å². The van der Waals surface area contributed by atoms with E-state index in [-0.39, 0.29) is 24.8 Å². The second-order valence-corrected chi connectivity index (χ2v) is 7.43. The van der Waals surface area contributed by atoms with Gasteiger partial charge in [-0.25, -0.2) is 4.79 Å². The molecule has 0 aliphatic rings. The Labute approximate surface area is 156 Å². The minimum Gasteiger partial charge on any atom is -0.486 e. The molecule has 0 unspecified atom stereocenters. The van der Waals surface area contributed by atoms with Crippen molar-refractivity contribution in [2.24, 2.45) is 0 Å². The van der Waals surface area contributed by atoms with Gasteiger partial charge in [0, 0.05) is 0 Å². The molecule has 0 bridgehead atoms. The maximum atomic E-state index is 12.0. The molecule has 0 fully saturated rings. The molecule has 7 heteroatoms. The summed E-state index contributed by atoms with van der Waals surface area (Å²) in [5.74, 6) is 0.282. The highest BCUT2D eigenvalue weighted by atomic mass is 79.9. The fourth-order valence-corrected chi connectivity index (χ4v) is 3.28.